The Morgan fingerprint density at radius 3 is 2.65 bits per heavy atom. The lowest BCUT2D eigenvalue weighted by atomic mass is 9.94. The third kappa shape index (κ3) is 3.25. The Morgan fingerprint density at radius 1 is 1.40 bits per heavy atom. The molecular formula is C15H19BrClN3. The lowest BCUT2D eigenvalue weighted by Crippen LogP contribution is -2.20. The van der Waals surface area contributed by atoms with Gasteiger partial charge < -0.3 is 5.32 Å². The molecule has 0 saturated heterocycles. The van der Waals surface area contributed by atoms with Gasteiger partial charge in [-0.1, -0.05) is 45.7 Å². The third-order valence-corrected chi connectivity index (χ3v) is 4.71. The van der Waals surface area contributed by atoms with Gasteiger partial charge >= 0.3 is 0 Å². The van der Waals surface area contributed by atoms with E-state index in [0.29, 0.717) is 5.92 Å². The Balaban J connectivity index is 2.33. The van der Waals surface area contributed by atoms with E-state index in [1.54, 1.807) is 0 Å². The summed E-state index contributed by atoms with van der Waals surface area (Å²) in [7, 11) is 3.92. The first kappa shape index (κ1) is 15.5. The quantitative estimate of drug-likeness (QED) is 0.885. The SMILES string of the molecule is CNCC(Cc1c(Cl)c(C)nn1C)c1ccccc1Br. The number of benzene rings is 1. The van der Waals surface area contributed by atoms with Gasteiger partial charge in [0.2, 0.25) is 0 Å². The number of hydrogen-bond acceptors (Lipinski definition) is 2. The van der Waals surface area contributed by atoms with Crippen molar-refractivity contribution in [2.75, 3.05) is 13.6 Å². The summed E-state index contributed by atoms with van der Waals surface area (Å²) in [4.78, 5) is 0. The fourth-order valence-corrected chi connectivity index (χ4v) is 3.33. The second-order valence-electron chi connectivity index (χ2n) is 4.95. The van der Waals surface area contributed by atoms with E-state index in [-0.39, 0.29) is 0 Å². The molecule has 3 nitrogen and oxygen atoms in total. The van der Waals surface area contributed by atoms with Crippen molar-refractivity contribution in [1.29, 1.82) is 0 Å². The van der Waals surface area contributed by atoms with Crippen molar-refractivity contribution in [1.82, 2.24) is 15.1 Å². The maximum atomic E-state index is 6.37. The van der Waals surface area contributed by atoms with Crippen LogP contribution in [0.2, 0.25) is 5.02 Å². The highest BCUT2D eigenvalue weighted by Gasteiger charge is 2.19. The first-order chi connectivity index (χ1) is 9.54. The van der Waals surface area contributed by atoms with Crippen LogP contribution in [0.15, 0.2) is 28.7 Å². The van der Waals surface area contributed by atoms with E-state index in [2.05, 4.69) is 44.5 Å². The van der Waals surface area contributed by atoms with E-state index >= 15 is 0 Å². The summed E-state index contributed by atoms with van der Waals surface area (Å²) in [6.45, 7) is 2.83. The first-order valence-corrected chi connectivity index (χ1v) is 7.78. The summed E-state index contributed by atoms with van der Waals surface area (Å²) in [5, 5.41) is 8.44. The van der Waals surface area contributed by atoms with Crippen LogP contribution in [0, 0.1) is 6.92 Å². The second kappa shape index (κ2) is 6.74. The first-order valence-electron chi connectivity index (χ1n) is 6.61. The normalized spacial score (nSPS) is 12.7. The van der Waals surface area contributed by atoms with E-state index < -0.39 is 0 Å². The minimum atomic E-state index is 0.350. The molecule has 0 amide bonds. The molecule has 0 saturated carbocycles. The van der Waals surface area contributed by atoms with Crippen molar-refractivity contribution >= 4 is 27.5 Å². The molecule has 5 heteroatoms. The van der Waals surface area contributed by atoms with E-state index in [1.165, 1.54) is 5.56 Å². The van der Waals surface area contributed by atoms with Crippen LogP contribution < -0.4 is 5.32 Å². The fraction of sp³-hybridized carbons (Fsp3) is 0.400. The summed E-state index contributed by atoms with van der Waals surface area (Å²) < 4.78 is 3.02. The second-order valence-corrected chi connectivity index (χ2v) is 6.18. The third-order valence-electron chi connectivity index (χ3n) is 3.50. The summed E-state index contributed by atoms with van der Waals surface area (Å²) in [6, 6.07) is 8.33. The Kier molecular flexibility index (Phi) is 5.24. The van der Waals surface area contributed by atoms with Gasteiger partial charge in [-0.05, 0) is 32.0 Å². The summed E-state index contributed by atoms with van der Waals surface area (Å²) in [5.74, 6) is 0.350. The number of aromatic nitrogens is 2. The maximum Gasteiger partial charge on any atom is 0.0847 e. The van der Waals surface area contributed by atoms with Crippen molar-refractivity contribution in [2.24, 2.45) is 7.05 Å². The molecule has 1 aromatic carbocycles. The van der Waals surface area contributed by atoms with Gasteiger partial charge in [-0.2, -0.15) is 5.10 Å². The molecule has 0 spiro atoms. The average Bonchev–Trinajstić information content (AvgIpc) is 2.65. The number of rotatable bonds is 5. The zero-order valence-electron chi connectivity index (χ0n) is 12.0. The van der Waals surface area contributed by atoms with Crippen LogP contribution in [0.4, 0.5) is 0 Å². The van der Waals surface area contributed by atoms with Gasteiger partial charge in [0.05, 0.1) is 16.4 Å². The van der Waals surface area contributed by atoms with E-state index in [9.17, 15) is 0 Å². The van der Waals surface area contributed by atoms with Gasteiger partial charge in [-0.25, -0.2) is 0 Å². The van der Waals surface area contributed by atoms with Crippen LogP contribution in [-0.4, -0.2) is 23.4 Å². The number of hydrogen-bond donors (Lipinski definition) is 1. The van der Waals surface area contributed by atoms with Gasteiger partial charge in [0.25, 0.3) is 0 Å². The smallest absolute Gasteiger partial charge is 0.0847 e. The molecule has 20 heavy (non-hydrogen) atoms. The van der Waals surface area contributed by atoms with E-state index in [4.69, 9.17) is 11.6 Å². The van der Waals surface area contributed by atoms with Gasteiger partial charge in [0, 0.05) is 24.0 Å². The molecule has 1 unspecified atom stereocenters. The van der Waals surface area contributed by atoms with Crippen molar-refractivity contribution in [3.8, 4) is 0 Å². The van der Waals surface area contributed by atoms with Gasteiger partial charge in [0.1, 0.15) is 0 Å². The molecule has 1 heterocycles. The largest absolute Gasteiger partial charge is 0.319 e. The fourth-order valence-electron chi connectivity index (χ4n) is 2.48. The molecule has 1 N–H and O–H groups in total. The van der Waals surface area contributed by atoms with Crippen molar-refractivity contribution < 1.29 is 0 Å². The van der Waals surface area contributed by atoms with Gasteiger partial charge in [0.15, 0.2) is 0 Å². The number of nitrogens with one attached hydrogen (secondary N) is 1. The molecule has 0 aliphatic rings. The Hall–Kier alpha value is -0.840. The van der Waals surface area contributed by atoms with Crippen LogP contribution in [0.5, 0.6) is 0 Å². The molecule has 1 aromatic heterocycles. The molecule has 0 aliphatic heterocycles. The van der Waals surface area contributed by atoms with Crippen LogP contribution in [-0.2, 0) is 13.5 Å². The number of halogens is 2. The van der Waals surface area contributed by atoms with Crippen molar-refractivity contribution in [2.45, 2.75) is 19.3 Å². The van der Waals surface area contributed by atoms with Crippen molar-refractivity contribution in [3.63, 3.8) is 0 Å². The van der Waals surface area contributed by atoms with E-state index in [0.717, 1.165) is 33.8 Å². The van der Waals surface area contributed by atoms with Crippen LogP contribution in [0.25, 0.3) is 0 Å². The molecule has 0 fully saturated rings. The Morgan fingerprint density at radius 2 is 2.10 bits per heavy atom. The predicted octanol–water partition coefficient (Wildman–Crippen LogP) is 3.69. The molecule has 0 bridgehead atoms. The lowest BCUT2D eigenvalue weighted by molar-refractivity contribution is 0.589. The Labute approximate surface area is 133 Å². The molecular weight excluding hydrogens is 338 g/mol. The predicted molar refractivity (Wildman–Crippen MR) is 87.5 cm³/mol. The molecule has 0 radical (unpaired) electrons. The minimum absolute atomic E-state index is 0.350. The molecule has 0 aliphatic carbocycles. The highest BCUT2D eigenvalue weighted by Crippen LogP contribution is 2.30. The average molecular weight is 357 g/mol. The molecule has 2 aromatic rings. The van der Waals surface area contributed by atoms with Crippen LogP contribution in [0.1, 0.15) is 22.9 Å². The lowest BCUT2D eigenvalue weighted by Gasteiger charge is -2.19. The maximum absolute atomic E-state index is 6.37. The highest BCUT2D eigenvalue weighted by atomic mass is 79.9. The molecule has 1 atom stereocenters. The number of aryl methyl sites for hydroxylation is 2. The summed E-state index contributed by atoms with van der Waals surface area (Å²) in [6.07, 6.45) is 0.861. The van der Waals surface area contributed by atoms with Crippen LogP contribution in [0.3, 0.4) is 0 Å². The molecule has 108 valence electrons. The number of likely N-dealkylation sites (N-methyl/N-ethyl adjacent to an activating group) is 1. The molecule has 2 rings (SSSR count). The Bertz CT molecular complexity index is 595. The van der Waals surface area contributed by atoms with Crippen molar-refractivity contribution in [3.05, 3.63) is 50.7 Å². The summed E-state index contributed by atoms with van der Waals surface area (Å²) >= 11 is 10.0. The van der Waals surface area contributed by atoms with Crippen LogP contribution >= 0.6 is 27.5 Å². The van der Waals surface area contributed by atoms with Gasteiger partial charge in [-0.3, -0.25) is 4.68 Å². The number of nitrogens with zero attached hydrogens (tertiary/aromatic N) is 2. The topological polar surface area (TPSA) is 29.9 Å². The minimum Gasteiger partial charge on any atom is -0.319 e. The zero-order valence-corrected chi connectivity index (χ0v) is 14.3. The zero-order chi connectivity index (χ0) is 14.7. The van der Waals surface area contributed by atoms with E-state index in [1.807, 2.05) is 31.8 Å². The van der Waals surface area contributed by atoms with Gasteiger partial charge in [-0.15, -0.1) is 0 Å². The monoisotopic (exact) mass is 355 g/mol. The standard InChI is InChI=1S/C15H19BrClN3/c1-10-15(17)14(20(3)19-10)8-11(9-18-2)12-6-4-5-7-13(12)16/h4-7,11,18H,8-9H2,1-3H3. The summed E-state index contributed by atoms with van der Waals surface area (Å²) in [5.41, 5.74) is 3.26. The highest BCUT2D eigenvalue weighted by molar-refractivity contribution is 9.10.